The fourth-order valence-electron chi connectivity index (χ4n) is 2.19. The molecule has 0 radical (unpaired) electrons. The van der Waals surface area contributed by atoms with Gasteiger partial charge >= 0.3 is 0 Å². The van der Waals surface area contributed by atoms with Gasteiger partial charge in [-0.1, -0.05) is 6.07 Å². The van der Waals surface area contributed by atoms with Crippen LogP contribution in [0.5, 0.6) is 5.75 Å². The number of anilines is 1. The predicted octanol–water partition coefficient (Wildman–Crippen LogP) is -0.589. The number of rotatable bonds is 6. The van der Waals surface area contributed by atoms with E-state index in [-0.39, 0.29) is 25.1 Å². The first kappa shape index (κ1) is 15.7. The normalized spacial score (nSPS) is 17.1. The Morgan fingerprint density at radius 3 is 2.95 bits per heavy atom. The van der Waals surface area contributed by atoms with Gasteiger partial charge in [-0.15, -0.1) is 0 Å². The van der Waals surface area contributed by atoms with E-state index in [4.69, 9.17) is 20.3 Å². The van der Waals surface area contributed by atoms with E-state index in [1.807, 2.05) is 6.07 Å². The number of fused-ring (bicyclic) bond motifs is 1. The van der Waals surface area contributed by atoms with E-state index in [1.165, 1.54) is 4.90 Å². The minimum absolute atomic E-state index is 0.00859. The smallest absolute Gasteiger partial charge is 0.265 e. The lowest BCUT2D eigenvalue weighted by Gasteiger charge is -2.31. The number of nitrogens with two attached hydrogens (primary N) is 1. The lowest BCUT2D eigenvalue weighted by Crippen LogP contribution is -2.44. The highest BCUT2D eigenvalue weighted by atomic mass is 16.5. The van der Waals surface area contributed by atoms with Crippen LogP contribution in [-0.2, 0) is 9.53 Å². The van der Waals surface area contributed by atoms with Crippen LogP contribution in [0.3, 0.4) is 0 Å². The van der Waals surface area contributed by atoms with Crippen molar-refractivity contribution in [3.8, 4) is 5.75 Å². The molecular weight excluding hydrogens is 276 g/mol. The fraction of sp³-hybridized carbons (Fsp3) is 0.500. The molecule has 1 aliphatic heterocycles. The summed E-state index contributed by atoms with van der Waals surface area (Å²) in [5.41, 5.74) is 7.33. The van der Waals surface area contributed by atoms with Crippen LogP contribution in [0, 0.1) is 0 Å². The molecule has 0 saturated carbocycles. The summed E-state index contributed by atoms with van der Waals surface area (Å²) in [6.45, 7) is -0.140. The molecule has 0 aromatic heterocycles. The number of ether oxygens (including phenoxy) is 2. The second-order valence-corrected chi connectivity index (χ2v) is 4.92. The summed E-state index contributed by atoms with van der Waals surface area (Å²) in [4.78, 5) is 13.4. The van der Waals surface area contributed by atoms with Crippen molar-refractivity contribution in [2.24, 2.45) is 5.73 Å². The number of benzene rings is 1. The second-order valence-electron chi connectivity index (χ2n) is 4.92. The Morgan fingerprint density at radius 2 is 2.29 bits per heavy atom. The maximum Gasteiger partial charge on any atom is 0.265 e. The molecule has 21 heavy (non-hydrogen) atoms. The molecule has 7 nitrogen and oxygen atoms in total. The molecule has 0 saturated heterocycles. The zero-order valence-corrected chi connectivity index (χ0v) is 11.9. The largest absolute Gasteiger partial charge is 0.482 e. The number of nitrogens with zero attached hydrogens (tertiary/aromatic N) is 1. The average Bonchev–Trinajstić information content (AvgIpc) is 2.49. The van der Waals surface area contributed by atoms with E-state index < -0.39 is 12.7 Å². The van der Waals surface area contributed by atoms with Gasteiger partial charge in [-0.25, -0.2) is 0 Å². The number of aliphatic hydroxyl groups is 2. The van der Waals surface area contributed by atoms with Crippen molar-refractivity contribution >= 4 is 11.6 Å². The van der Waals surface area contributed by atoms with Crippen LogP contribution < -0.4 is 15.4 Å². The lowest BCUT2D eigenvalue weighted by atomic mass is 10.1. The summed E-state index contributed by atoms with van der Waals surface area (Å²) in [6, 6.07) is 4.99. The molecule has 1 amide bonds. The Balaban J connectivity index is 2.30. The molecule has 0 aliphatic carbocycles. The van der Waals surface area contributed by atoms with Crippen LogP contribution in [0.2, 0.25) is 0 Å². The molecule has 0 fully saturated rings. The molecule has 0 spiro atoms. The first-order valence-electron chi connectivity index (χ1n) is 6.67. The van der Waals surface area contributed by atoms with Crippen molar-refractivity contribution in [1.29, 1.82) is 0 Å². The van der Waals surface area contributed by atoms with Gasteiger partial charge in [-0.05, 0) is 17.7 Å². The SMILES string of the molecule is COCC(N)c1ccc2c(c1)N(CC(O)CO)C(=O)CO2. The quantitative estimate of drug-likeness (QED) is 0.648. The number of hydrogen-bond acceptors (Lipinski definition) is 6. The Bertz CT molecular complexity index is 508. The fourth-order valence-corrected chi connectivity index (χ4v) is 2.19. The number of carbonyl (C=O) groups is 1. The molecule has 1 aromatic rings. The third kappa shape index (κ3) is 3.51. The Morgan fingerprint density at radius 1 is 1.52 bits per heavy atom. The molecule has 2 rings (SSSR count). The molecule has 1 aliphatic rings. The zero-order valence-electron chi connectivity index (χ0n) is 11.9. The third-order valence-electron chi connectivity index (χ3n) is 3.30. The van der Waals surface area contributed by atoms with Crippen molar-refractivity contribution in [2.45, 2.75) is 12.1 Å². The number of amides is 1. The van der Waals surface area contributed by atoms with E-state index in [1.54, 1.807) is 19.2 Å². The number of aliphatic hydroxyl groups excluding tert-OH is 2. The van der Waals surface area contributed by atoms with Crippen molar-refractivity contribution in [3.05, 3.63) is 23.8 Å². The Kier molecular flexibility index (Phi) is 5.13. The van der Waals surface area contributed by atoms with Crippen molar-refractivity contribution in [3.63, 3.8) is 0 Å². The van der Waals surface area contributed by atoms with Gasteiger partial charge in [-0.3, -0.25) is 4.79 Å². The van der Waals surface area contributed by atoms with E-state index in [0.29, 0.717) is 18.0 Å². The van der Waals surface area contributed by atoms with Gasteiger partial charge in [0.05, 0.1) is 37.6 Å². The van der Waals surface area contributed by atoms with E-state index in [9.17, 15) is 9.90 Å². The highest BCUT2D eigenvalue weighted by Gasteiger charge is 2.28. The van der Waals surface area contributed by atoms with Crippen LogP contribution in [0.1, 0.15) is 11.6 Å². The van der Waals surface area contributed by atoms with Gasteiger partial charge in [0.1, 0.15) is 5.75 Å². The van der Waals surface area contributed by atoms with Crippen LogP contribution in [0.4, 0.5) is 5.69 Å². The average molecular weight is 296 g/mol. The number of carbonyl (C=O) groups excluding carboxylic acids is 1. The standard InChI is InChI=1S/C14H20N2O5/c1-20-7-11(15)9-2-3-13-12(4-9)16(5-10(18)6-17)14(19)8-21-13/h2-4,10-11,17-18H,5-8,15H2,1H3. The van der Waals surface area contributed by atoms with Crippen molar-refractivity contribution in [1.82, 2.24) is 0 Å². The predicted molar refractivity (Wildman–Crippen MR) is 76.2 cm³/mol. The first-order valence-corrected chi connectivity index (χ1v) is 6.67. The lowest BCUT2D eigenvalue weighted by molar-refractivity contribution is -0.121. The van der Waals surface area contributed by atoms with E-state index in [2.05, 4.69) is 0 Å². The molecule has 1 aromatic carbocycles. The molecule has 2 unspecified atom stereocenters. The monoisotopic (exact) mass is 296 g/mol. The third-order valence-corrected chi connectivity index (χ3v) is 3.30. The summed E-state index contributed by atoms with van der Waals surface area (Å²) in [5.74, 6) is 0.278. The molecule has 7 heteroatoms. The maximum atomic E-state index is 12.0. The van der Waals surface area contributed by atoms with E-state index in [0.717, 1.165) is 5.56 Å². The van der Waals surface area contributed by atoms with E-state index >= 15 is 0 Å². The molecule has 1 heterocycles. The van der Waals surface area contributed by atoms with Gasteiger partial charge < -0.3 is 30.3 Å². The van der Waals surface area contributed by atoms with Crippen LogP contribution in [-0.4, -0.2) is 55.7 Å². The molecule has 4 N–H and O–H groups in total. The highest BCUT2D eigenvalue weighted by Crippen LogP contribution is 2.34. The summed E-state index contributed by atoms with van der Waals surface area (Å²) in [5, 5.41) is 18.5. The minimum atomic E-state index is -1.00. The van der Waals surface area contributed by atoms with Crippen LogP contribution >= 0.6 is 0 Å². The second kappa shape index (κ2) is 6.86. The topological polar surface area (TPSA) is 105 Å². The summed E-state index contributed by atoms with van der Waals surface area (Å²) < 4.78 is 10.4. The first-order chi connectivity index (χ1) is 10.1. The van der Waals surface area contributed by atoms with Gasteiger partial charge in [0.2, 0.25) is 0 Å². The van der Waals surface area contributed by atoms with Gasteiger partial charge in [-0.2, -0.15) is 0 Å². The zero-order chi connectivity index (χ0) is 15.4. The highest BCUT2D eigenvalue weighted by molar-refractivity contribution is 5.98. The summed E-state index contributed by atoms with van der Waals surface area (Å²) in [7, 11) is 1.56. The minimum Gasteiger partial charge on any atom is -0.482 e. The molecule has 0 bridgehead atoms. The molecule has 116 valence electrons. The van der Waals surface area contributed by atoms with Gasteiger partial charge in [0.25, 0.3) is 5.91 Å². The number of β-amino-alcohol motifs (C(OH)–C–C–N with tert-alkyl or cyclic N) is 1. The molecule has 2 atom stereocenters. The van der Waals surface area contributed by atoms with Crippen LogP contribution in [0.15, 0.2) is 18.2 Å². The van der Waals surface area contributed by atoms with Crippen molar-refractivity contribution < 1.29 is 24.5 Å². The van der Waals surface area contributed by atoms with Gasteiger partial charge in [0.15, 0.2) is 6.61 Å². The van der Waals surface area contributed by atoms with Crippen molar-refractivity contribution in [2.75, 3.05) is 38.4 Å². The number of hydrogen-bond donors (Lipinski definition) is 3. The maximum absolute atomic E-state index is 12.0. The van der Waals surface area contributed by atoms with Gasteiger partial charge in [0, 0.05) is 7.11 Å². The number of methoxy groups -OCH3 is 1. The van der Waals surface area contributed by atoms with Crippen LogP contribution in [0.25, 0.3) is 0 Å². The summed E-state index contributed by atoms with van der Waals surface area (Å²) >= 11 is 0. The Labute approximate surface area is 122 Å². The Hall–Kier alpha value is -1.67. The summed E-state index contributed by atoms with van der Waals surface area (Å²) in [6.07, 6.45) is -1.00. The molecular formula is C14H20N2O5.